The summed E-state index contributed by atoms with van der Waals surface area (Å²) in [5, 5.41) is 5.30. The Hall–Kier alpha value is -2.61. The molecule has 0 aliphatic carbocycles. The fourth-order valence-electron chi connectivity index (χ4n) is 2.61. The minimum absolute atomic E-state index is 0.312. The first-order chi connectivity index (χ1) is 9.33. The van der Waals surface area contributed by atoms with Gasteiger partial charge in [-0.3, -0.25) is 0 Å². The van der Waals surface area contributed by atoms with Crippen molar-refractivity contribution in [2.45, 2.75) is 0 Å². The molecule has 1 aromatic heterocycles. The molecule has 0 aliphatic heterocycles. The molecule has 2 heteroatoms. The monoisotopic (exact) mass is 246 g/mol. The third-order valence-corrected chi connectivity index (χ3v) is 3.49. The van der Waals surface area contributed by atoms with Gasteiger partial charge in [0.25, 0.3) is 0 Å². The quantitative estimate of drug-likeness (QED) is 0.345. The number of benzene rings is 3. The van der Waals surface area contributed by atoms with Crippen LogP contribution in [0.3, 0.4) is 0 Å². The first-order valence-corrected chi connectivity index (χ1v) is 6.17. The number of rotatable bonds is 0. The van der Waals surface area contributed by atoms with Crippen LogP contribution in [-0.2, 0) is 0 Å². The Balaban J connectivity index is 2.39. The molecule has 0 saturated heterocycles. The van der Waals surface area contributed by atoms with Crippen LogP contribution in [0.15, 0.2) is 69.9 Å². The Bertz CT molecular complexity index is 975. The molecule has 19 heavy (non-hydrogen) atoms. The van der Waals surface area contributed by atoms with Gasteiger partial charge >= 0.3 is 5.63 Å². The van der Waals surface area contributed by atoms with Crippen molar-refractivity contribution < 1.29 is 4.42 Å². The lowest BCUT2D eigenvalue weighted by atomic mass is 10.00. The van der Waals surface area contributed by atoms with Crippen LogP contribution in [0.25, 0.3) is 32.5 Å². The number of hydrogen-bond donors (Lipinski definition) is 0. The zero-order chi connectivity index (χ0) is 12.8. The highest BCUT2D eigenvalue weighted by Crippen LogP contribution is 2.31. The summed E-state index contributed by atoms with van der Waals surface area (Å²) in [5.74, 6) is 0. The van der Waals surface area contributed by atoms with Gasteiger partial charge < -0.3 is 4.42 Å². The van der Waals surface area contributed by atoms with E-state index in [1.807, 2.05) is 24.3 Å². The molecule has 1 heterocycles. The van der Waals surface area contributed by atoms with Crippen LogP contribution in [0, 0.1) is 0 Å². The van der Waals surface area contributed by atoms with Crippen LogP contribution >= 0.6 is 0 Å². The Labute approximate surface area is 108 Å². The molecule has 0 spiro atoms. The van der Waals surface area contributed by atoms with Crippen LogP contribution in [-0.4, -0.2) is 0 Å². The molecule has 0 bridgehead atoms. The summed E-state index contributed by atoms with van der Waals surface area (Å²) in [7, 11) is 0. The predicted octanol–water partition coefficient (Wildman–Crippen LogP) is 4.10. The van der Waals surface area contributed by atoms with E-state index in [-0.39, 0.29) is 5.63 Å². The van der Waals surface area contributed by atoms with Gasteiger partial charge in [0.05, 0.1) is 0 Å². The number of fused-ring (bicyclic) bond motifs is 5. The van der Waals surface area contributed by atoms with Gasteiger partial charge in [-0.1, -0.05) is 48.5 Å². The maximum Gasteiger partial charge on any atom is 0.336 e. The highest BCUT2D eigenvalue weighted by Gasteiger charge is 2.07. The van der Waals surface area contributed by atoms with E-state index in [0.29, 0.717) is 5.58 Å². The topological polar surface area (TPSA) is 30.2 Å². The Morgan fingerprint density at radius 2 is 1.37 bits per heavy atom. The largest absolute Gasteiger partial charge is 0.422 e. The molecule has 4 aromatic rings. The zero-order valence-corrected chi connectivity index (χ0v) is 10.1. The molecule has 4 rings (SSSR count). The van der Waals surface area contributed by atoms with E-state index in [9.17, 15) is 4.79 Å². The van der Waals surface area contributed by atoms with Gasteiger partial charge in [-0.15, -0.1) is 0 Å². The summed E-state index contributed by atoms with van der Waals surface area (Å²) >= 11 is 0. The molecular formula is C17H10O2. The SMILES string of the molecule is O=c1ccc2ccc3ccc4ccccc4c3c2o1. The van der Waals surface area contributed by atoms with Crippen molar-refractivity contribution in [2.75, 3.05) is 0 Å². The van der Waals surface area contributed by atoms with Gasteiger partial charge in [-0.25, -0.2) is 4.79 Å². The van der Waals surface area contributed by atoms with Gasteiger partial charge in [-0.2, -0.15) is 0 Å². The normalized spacial score (nSPS) is 11.4. The second kappa shape index (κ2) is 3.69. The average Bonchev–Trinajstić information content (AvgIpc) is 2.46. The van der Waals surface area contributed by atoms with Gasteiger partial charge in [0, 0.05) is 16.8 Å². The summed E-state index contributed by atoms with van der Waals surface area (Å²) in [6, 6.07) is 19.6. The summed E-state index contributed by atoms with van der Waals surface area (Å²) in [5.41, 5.74) is 0.356. The predicted molar refractivity (Wildman–Crippen MR) is 77.5 cm³/mol. The van der Waals surface area contributed by atoms with E-state index in [1.54, 1.807) is 0 Å². The van der Waals surface area contributed by atoms with Crippen molar-refractivity contribution >= 4 is 32.5 Å². The minimum Gasteiger partial charge on any atom is -0.422 e. The van der Waals surface area contributed by atoms with Crippen molar-refractivity contribution in [1.29, 1.82) is 0 Å². The highest BCUT2D eigenvalue weighted by atomic mass is 16.4. The zero-order valence-electron chi connectivity index (χ0n) is 10.1. The second-order valence-electron chi connectivity index (χ2n) is 4.62. The maximum atomic E-state index is 11.5. The van der Waals surface area contributed by atoms with E-state index >= 15 is 0 Å². The van der Waals surface area contributed by atoms with Crippen molar-refractivity contribution in [1.82, 2.24) is 0 Å². The Morgan fingerprint density at radius 3 is 2.26 bits per heavy atom. The van der Waals surface area contributed by atoms with E-state index in [2.05, 4.69) is 30.3 Å². The van der Waals surface area contributed by atoms with Crippen molar-refractivity contribution in [3.63, 3.8) is 0 Å². The van der Waals surface area contributed by atoms with Gasteiger partial charge in [-0.05, 0) is 22.2 Å². The third kappa shape index (κ3) is 1.47. The first kappa shape index (κ1) is 10.3. The minimum atomic E-state index is -0.312. The lowest BCUT2D eigenvalue weighted by molar-refractivity contribution is 0.564. The fraction of sp³-hybridized carbons (Fsp3) is 0. The van der Waals surface area contributed by atoms with Crippen molar-refractivity contribution in [2.24, 2.45) is 0 Å². The Kier molecular flexibility index (Phi) is 2.00. The second-order valence-corrected chi connectivity index (χ2v) is 4.62. The molecule has 0 unspecified atom stereocenters. The first-order valence-electron chi connectivity index (χ1n) is 6.17. The third-order valence-electron chi connectivity index (χ3n) is 3.49. The lowest BCUT2D eigenvalue weighted by Crippen LogP contribution is -1.94. The molecule has 3 aromatic carbocycles. The molecule has 0 aliphatic rings. The standard InChI is InChI=1S/C17H10O2/c18-15-10-9-13-8-7-12-6-5-11-3-1-2-4-14(11)16(12)17(13)19-15/h1-10H. The fourth-order valence-corrected chi connectivity index (χ4v) is 2.61. The summed E-state index contributed by atoms with van der Waals surface area (Å²) < 4.78 is 5.43. The number of hydrogen-bond acceptors (Lipinski definition) is 2. The average molecular weight is 246 g/mol. The van der Waals surface area contributed by atoms with Crippen LogP contribution in [0.2, 0.25) is 0 Å². The molecule has 0 N–H and O–H groups in total. The highest BCUT2D eigenvalue weighted by molar-refractivity contribution is 6.18. The van der Waals surface area contributed by atoms with Crippen molar-refractivity contribution in [3.05, 3.63) is 71.1 Å². The van der Waals surface area contributed by atoms with Crippen LogP contribution in [0.5, 0.6) is 0 Å². The van der Waals surface area contributed by atoms with E-state index in [1.165, 1.54) is 6.07 Å². The molecule has 0 saturated carbocycles. The van der Waals surface area contributed by atoms with E-state index < -0.39 is 0 Å². The molecule has 0 atom stereocenters. The maximum absolute atomic E-state index is 11.5. The smallest absolute Gasteiger partial charge is 0.336 e. The lowest BCUT2D eigenvalue weighted by Gasteiger charge is -2.06. The van der Waals surface area contributed by atoms with Crippen LogP contribution < -0.4 is 5.63 Å². The summed E-state index contributed by atoms with van der Waals surface area (Å²) in [6.45, 7) is 0. The van der Waals surface area contributed by atoms with Crippen molar-refractivity contribution in [3.8, 4) is 0 Å². The van der Waals surface area contributed by atoms with E-state index in [0.717, 1.165) is 26.9 Å². The summed E-state index contributed by atoms with van der Waals surface area (Å²) in [4.78, 5) is 11.5. The molecule has 0 fully saturated rings. The molecule has 90 valence electrons. The van der Waals surface area contributed by atoms with Gasteiger partial charge in [0.1, 0.15) is 5.58 Å². The van der Waals surface area contributed by atoms with Crippen LogP contribution in [0.4, 0.5) is 0 Å². The molecular weight excluding hydrogens is 236 g/mol. The van der Waals surface area contributed by atoms with E-state index in [4.69, 9.17) is 4.42 Å². The Morgan fingerprint density at radius 1 is 0.684 bits per heavy atom. The molecule has 2 nitrogen and oxygen atoms in total. The van der Waals surface area contributed by atoms with Crippen LogP contribution in [0.1, 0.15) is 0 Å². The molecule has 0 radical (unpaired) electrons. The molecule has 0 amide bonds. The van der Waals surface area contributed by atoms with Gasteiger partial charge in [0.2, 0.25) is 0 Å². The van der Waals surface area contributed by atoms with Gasteiger partial charge in [0.15, 0.2) is 0 Å². The summed E-state index contributed by atoms with van der Waals surface area (Å²) in [6.07, 6.45) is 0.